The molecule has 0 saturated carbocycles. The maximum Gasteiger partial charge on any atom is 0.186 e. The van der Waals surface area contributed by atoms with Crippen LogP contribution in [0.15, 0.2) is 24.3 Å². The molecule has 0 bridgehead atoms. The van der Waals surface area contributed by atoms with E-state index < -0.39 is 37.0 Å². The Balaban J connectivity index is 1.72. The molecule has 0 amide bonds. The lowest BCUT2D eigenvalue weighted by atomic mass is 9.98. The fourth-order valence-corrected chi connectivity index (χ4v) is 2.70. The number of benzene rings is 1. The molecule has 122 valence electrons. The Kier molecular flexibility index (Phi) is 4.62. The van der Waals surface area contributed by atoms with Gasteiger partial charge in [-0.25, -0.2) is 0 Å². The van der Waals surface area contributed by atoms with Gasteiger partial charge in [-0.15, -0.1) is 0 Å². The van der Waals surface area contributed by atoms with E-state index in [9.17, 15) is 10.2 Å². The van der Waals surface area contributed by atoms with Gasteiger partial charge in [0.1, 0.15) is 30.2 Å². The number of fused-ring (bicyclic) bond motifs is 1. The minimum Gasteiger partial charge on any atom is -0.497 e. The van der Waals surface area contributed by atoms with Gasteiger partial charge in [0.25, 0.3) is 0 Å². The van der Waals surface area contributed by atoms with Crippen LogP contribution in [0.25, 0.3) is 0 Å². The lowest BCUT2D eigenvalue weighted by Crippen LogP contribution is -2.62. The third-order valence-corrected chi connectivity index (χ3v) is 3.95. The van der Waals surface area contributed by atoms with Crippen molar-refractivity contribution in [1.29, 1.82) is 0 Å². The quantitative estimate of drug-likeness (QED) is 0.824. The van der Waals surface area contributed by atoms with Crippen LogP contribution in [0.3, 0.4) is 0 Å². The molecule has 0 radical (unpaired) electrons. The van der Waals surface area contributed by atoms with E-state index in [1.54, 1.807) is 19.2 Å². The molecule has 2 N–H and O–H groups in total. The second-order valence-electron chi connectivity index (χ2n) is 5.30. The van der Waals surface area contributed by atoms with Crippen molar-refractivity contribution < 1.29 is 33.9 Å². The molecule has 0 aliphatic carbocycles. The highest BCUT2D eigenvalue weighted by Crippen LogP contribution is 2.34. The lowest BCUT2D eigenvalue weighted by Gasteiger charge is -2.45. The molecule has 22 heavy (non-hydrogen) atoms. The molecule has 3 rings (SSSR count). The van der Waals surface area contributed by atoms with Crippen molar-refractivity contribution in [1.82, 2.24) is 0 Å². The normalized spacial score (nSPS) is 38.4. The Morgan fingerprint density at radius 2 is 1.77 bits per heavy atom. The van der Waals surface area contributed by atoms with Crippen molar-refractivity contribution in [3.8, 4) is 5.75 Å². The molecule has 7 nitrogen and oxygen atoms in total. The van der Waals surface area contributed by atoms with Gasteiger partial charge in [-0.05, 0) is 12.1 Å². The summed E-state index contributed by atoms with van der Waals surface area (Å²) in [6.07, 6.45) is -4.95. The Hall–Kier alpha value is -1.22. The van der Waals surface area contributed by atoms with E-state index in [1.807, 2.05) is 12.1 Å². The van der Waals surface area contributed by atoms with Gasteiger partial charge in [0.05, 0.1) is 13.7 Å². The van der Waals surface area contributed by atoms with Gasteiger partial charge in [-0.1, -0.05) is 12.1 Å². The average Bonchev–Trinajstić information content (AvgIpc) is 2.58. The molecule has 0 spiro atoms. The molecule has 2 aliphatic rings. The summed E-state index contributed by atoms with van der Waals surface area (Å²) in [5.74, 6) is 0.733. The topological polar surface area (TPSA) is 86.6 Å². The van der Waals surface area contributed by atoms with Gasteiger partial charge >= 0.3 is 0 Å². The number of aliphatic hydroxyl groups excluding tert-OH is 2. The molecule has 1 aromatic rings. The van der Waals surface area contributed by atoms with Gasteiger partial charge < -0.3 is 33.9 Å². The summed E-state index contributed by atoms with van der Waals surface area (Å²) in [6, 6.07) is 7.26. The van der Waals surface area contributed by atoms with Gasteiger partial charge in [-0.3, -0.25) is 0 Å². The summed E-state index contributed by atoms with van der Waals surface area (Å²) < 4.78 is 27.1. The van der Waals surface area contributed by atoms with Crippen molar-refractivity contribution in [2.24, 2.45) is 0 Å². The standard InChI is InChI=1S/C15H20O7/c1-18-9-5-3-8(4-6-9)14-20-7-10-13(22-14)11(16)12(17)15(19-2)21-10/h3-6,10-17H,7H2,1-2H3/t10-,11-,12+,13-,14?,15+/m1/s1. The average molecular weight is 312 g/mol. The highest BCUT2D eigenvalue weighted by Gasteiger charge is 2.48. The number of methoxy groups -OCH3 is 2. The fraction of sp³-hybridized carbons (Fsp3) is 0.600. The van der Waals surface area contributed by atoms with Crippen molar-refractivity contribution in [2.75, 3.05) is 20.8 Å². The Labute approximate surface area is 128 Å². The van der Waals surface area contributed by atoms with Crippen molar-refractivity contribution in [2.45, 2.75) is 37.0 Å². The van der Waals surface area contributed by atoms with Crippen LogP contribution < -0.4 is 4.74 Å². The van der Waals surface area contributed by atoms with E-state index in [0.29, 0.717) is 0 Å². The van der Waals surface area contributed by atoms with Crippen LogP contribution >= 0.6 is 0 Å². The summed E-state index contributed by atoms with van der Waals surface area (Å²) >= 11 is 0. The molecule has 6 atom stereocenters. The number of aliphatic hydroxyl groups is 2. The van der Waals surface area contributed by atoms with Crippen LogP contribution in [-0.2, 0) is 18.9 Å². The molecule has 7 heteroatoms. The van der Waals surface area contributed by atoms with E-state index in [0.717, 1.165) is 11.3 Å². The molecular weight excluding hydrogens is 292 g/mol. The van der Waals surface area contributed by atoms with Crippen molar-refractivity contribution in [3.05, 3.63) is 29.8 Å². The van der Waals surface area contributed by atoms with Gasteiger partial charge in [0.2, 0.25) is 0 Å². The van der Waals surface area contributed by atoms with E-state index in [-0.39, 0.29) is 6.61 Å². The number of ether oxygens (including phenoxy) is 5. The highest BCUT2D eigenvalue weighted by molar-refractivity contribution is 5.28. The van der Waals surface area contributed by atoms with Crippen LogP contribution in [-0.4, -0.2) is 61.7 Å². The predicted molar refractivity (Wildman–Crippen MR) is 74.2 cm³/mol. The maximum atomic E-state index is 10.2. The summed E-state index contributed by atoms with van der Waals surface area (Å²) in [6.45, 7) is 0.241. The van der Waals surface area contributed by atoms with E-state index in [4.69, 9.17) is 23.7 Å². The van der Waals surface area contributed by atoms with Gasteiger partial charge in [0.15, 0.2) is 12.6 Å². The van der Waals surface area contributed by atoms with Crippen LogP contribution in [0, 0.1) is 0 Å². The maximum absolute atomic E-state index is 10.2. The second kappa shape index (κ2) is 6.49. The van der Waals surface area contributed by atoms with Crippen molar-refractivity contribution >= 4 is 0 Å². The Bertz CT molecular complexity index is 489. The van der Waals surface area contributed by atoms with E-state index in [1.165, 1.54) is 7.11 Å². The summed E-state index contributed by atoms with van der Waals surface area (Å²) in [4.78, 5) is 0. The third kappa shape index (κ3) is 2.83. The molecular formula is C15H20O7. The Morgan fingerprint density at radius 3 is 2.41 bits per heavy atom. The zero-order chi connectivity index (χ0) is 15.7. The summed E-state index contributed by atoms with van der Waals surface area (Å²) in [5, 5.41) is 20.2. The fourth-order valence-electron chi connectivity index (χ4n) is 2.70. The molecule has 2 saturated heterocycles. The molecule has 2 aliphatic heterocycles. The van der Waals surface area contributed by atoms with Gasteiger partial charge in [-0.2, -0.15) is 0 Å². The smallest absolute Gasteiger partial charge is 0.186 e. The Morgan fingerprint density at radius 1 is 1.05 bits per heavy atom. The second-order valence-corrected chi connectivity index (χ2v) is 5.30. The molecule has 1 unspecified atom stereocenters. The molecule has 0 aromatic heterocycles. The first kappa shape index (κ1) is 15.7. The minimum atomic E-state index is -1.17. The molecule has 1 aromatic carbocycles. The zero-order valence-corrected chi connectivity index (χ0v) is 12.4. The van der Waals surface area contributed by atoms with Crippen LogP contribution in [0.2, 0.25) is 0 Å². The van der Waals surface area contributed by atoms with Crippen LogP contribution in [0.1, 0.15) is 11.9 Å². The first-order chi connectivity index (χ1) is 10.6. The highest BCUT2D eigenvalue weighted by atomic mass is 16.7. The zero-order valence-electron chi connectivity index (χ0n) is 12.4. The van der Waals surface area contributed by atoms with Crippen LogP contribution in [0.5, 0.6) is 5.75 Å². The van der Waals surface area contributed by atoms with Crippen molar-refractivity contribution in [3.63, 3.8) is 0 Å². The first-order valence-corrected chi connectivity index (χ1v) is 7.09. The van der Waals surface area contributed by atoms with Gasteiger partial charge in [0, 0.05) is 12.7 Å². The molecule has 2 fully saturated rings. The van der Waals surface area contributed by atoms with Crippen LogP contribution in [0.4, 0.5) is 0 Å². The number of rotatable bonds is 3. The summed E-state index contributed by atoms with van der Waals surface area (Å²) in [5.41, 5.74) is 0.801. The minimum absolute atomic E-state index is 0.241. The van der Waals surface area contributed by atoms with E-state index in [2.05, 4.69) is 0 Å². The van der Waals surface area contributed by atoms with E-state index >= 15 is 0 Å². The number of hydrogen-bond donors (Lipinski definition) is 2. The predicted octanol–water partition coefficient (Wildman–Crippen LogP) is 0.202. The largest absolute Gasteiger partial charge is 0.497 e. The third-order valence-electron chi connectivity index (χ3n) is 3.95. The monoisotopic (exact) mass is 312 g/mol. The molecule has 2 heterocycles. The summed E-state index contributed by atoms with van der Waals surface area (Å²) in [7, 11) is 3.00. The lowest BCUT2D eigenvalue weighted by molar-refractivity contribution is -0.358. The SMILES string of the molecule is COc1ccc(C2OC[C@H]3O[C@H](OC)[C@@H](O)[C@@H](O)[C@@H]3O2)cc1. The first-order valence-electron chi connectivity index (χ1n) is 7.09. The number of hydrogen-bond acceptors (Lipinski definition) is 7.